The maximum absolute atomic E-state index is 11.5. The summed E-state index contributed by atoms with van der Waals surface area (Å²) in [4.78, 5) is 11.5. The van der Waals surface area contributed by atoms with Crippen LogP contribution >= 0.6 is 0 Å². The molecule has 0 rings (SSSR count). The van der Waals surface area contributed by atoms with Gasteiger partial charge in [-0.1, -0.05) is 32.9 Å². The molecule has 0 aliphatic heterocycles. The first-order valence-corrected chi connectivity index (χ1v) is 5.01. The fraction of sp³-hybridized carbons (Fsp3) is 0.750. The van der Waals surface area contributed by atoms with Gasteiger partial charge in [0.15, 0.2) is 0 Å². The van der Waals surface area contributed by atoms with Gasteiger partial charge in [0.1, 0.15) is 0 Å². The van der Waals surface area contributed by atoms with Crippen LogP contribution in [0.5, 0.6) is 0 Å². The Balaban J connectivity index is 4.16. The third kappa shape index (κ3) is 5.79. The highest BCUT2D eigenvalue weighted by Crippen LogP contribution is 2.25. The van der Waals surface area contributed by atoms with Gasteiger partial charge in [-0.05, 0) is 26.2 Å². The number of hydrogen-bond acceptors (Lipinski definition) is 1. The van der Waals surface area contributed by atoms with Crippen LogP contribution in [0.3, 0.4) is 0 Å². The highest BCUT2D eigenvalue weighted by molar-refractivity contribution is 5.79. The zero-order valence-electron chi connectivity index (χ0n) is 10.3. The van der Waals surface area contributed by atoms with Gasteiger partial charge in [-0.15, -0.1) is 0 Å². The molecule has 0 fully saturated rings. The fourth-order valence-corrected chi connectivity index (χ4v) is 0.921. The van der Waals surface area contributed by atoms with E-state index in [2.05, 4.69) is 32.7 Å². The molecule has 0 bridgehead atoms. The van der Waals surface area contributed by atoms with E-state index in [0.29, 0.717) is 6.42 Å². The summed E-state index contributed by atoms with van der Waals surface area (Å²) in [5.41, 5.74) is 0.823. The largest absolute Gasteiger partial charge is 0.351 e. The zero-order chi connectivity index (χ0) is 11.6. The molecule has 82 valence electrons. The van der Waals surface area contributed by atoms with Crippen LogP contribution in [0.25, 0.3) is 0 Å². The van der Waals surface area contributed by atoms with E-state index in [1.54, 1.807) is 0 Å². The van der Waals surface area contributed by atoms with Gasteiger partial charge in [0.25, 0.3) is 0 Å². The number of carbonyl (C=O) groups excluding carboxylic acids is 1. The lowest BCUT2D eigenvalue weighted by Crippen LogP contribution is -2.41. The lowest BCUT2D eigenvalue weighted by Gasteiger charge is -2.25. The normalized spacial score (nSPS) is 12.4. The molecule has 0 aliphatic rings. The first-order valence-electron chi connectivity index (χ1n) is 5.01. The average molecular weight is 197 g/mol. The summed E-state index contributed by atoms with van der Waals surface area (Å²) in [6.45, 7) is 16.1. The minimum atomic E-state index is -0.157. The van der Waals surface area contributed by atoms with Gasteiger partial charge in [-0.3, -0.25) is 4.79 Å². The predicted molar refractivity (Wildman–Crippen MR) is 61.1 cm³/mol. The summed E-state index contributed by atoms with van der Waals surface area (Å²) in [7, 11) is 0. The SMILES string of the molecule is C=C(CC(=O)NC(C)(C)C)C(C)(C)C. The Hall–Kier alpha value is -0.790. The van der Waals surface area contributed by atoms with E-state index in [9.17, 15) is 4.79 Å². The summed E-state index contributed by atoms with van der Waals surface area (Å²) in [6, 6.07) is 0. The number of rotatable bonds is 2. The van der Waals surface area contributed by atoms with Crippen molar-refractivity contribution in [1.82, 2.24) is 5.32 Å². The van der Waals surface area contributed by atoms with Crippen molar-refractivity contribution in [3.63, 3.8) is 0 Å². The minimum absolute atomic E-state index is 0.00915. The molecule has 2 nitrogen and oxygen atoms in total. The van der Waals surface area contributed by atoms with Crippen LogP contribution in [0.2, 0.25) is 0 Å². The van der Waals surface area contributed by atoms with Crippen molar-refractivity contribution >= 4 is 5.91 Å². The quantitative estimate of drug-likeness (QED) is 0.678. The highest BCUT2D eigenvalue weighted by atomic mass is 16.1. The van der Waals surface area contributed by atoms with Gasteiger partial charge in [-0.2, -0.15) is 0 Å². The molecule has 0 heterocycles. The van der Waals surface area contributed by atoms with Crippen molar-refractivity contribution in [2.45, 2.75) is 53.5 Å². The average Bonchev–Trinajstić information content (AvgIpc) is 1.79. The number of hydrogen-bond donors (Lipinski definition) is 1. The van der Waals surface area contributed by atoms with Gasteiger partial charge in [0.05, 0.1) is 0 Å². The first kappa shape index (κ1) is 13.2. The third-order valence-electron chi connectivity index (χ3n) is 1.95. The van der Waals surface area contributed by atoms with Crippen molar-refractivity contribution in [3.05, 3.63) is 12.2 Å². The predicted octanol–water partition coefficient (Wildman–Crippen LogP) is 2.89. The zero-order valence-corrected chi connectivity index (χ0v) is 10.3. The number of nitrogens with one attached hydrogen (secondary N) is 1. The van der Waals surface area contributed by atoms with E-state index < -0.39 is 0 Å². The topological polar surface area (TPSA) is 29.1 Å². The van der Waals surface area contributed by atoms with E-state index in [4.69, 9.17) is 0 Å². The maximum Gasteiger partial charge on any atom is 0.224 e. The van der Waals surface area contributed by atoms with E-state index in [1.807, 2.05) is 20.8 Å². The van der Waals surface area contributed by atoms with E-state index in [-0.39, 0.29) is 16.9 Å². The second-order valence-electron chi connectivity index (χ2n) is 5.83. The Bertz CT molecular complexity index is 228. The Kier molecular flexibility index (Phi) is 3.92. The summed E-state index contributed by atoms with van der Waals surface area (Å²) in [5, 5.41) is 2.92. The van der Waals surface area contributed by atoms with Crippen LogP contribution in [-0.4, -0.2) is 11.4 Å². The molecule has 0 radical (unpaired) electrons. The van der Waals surface area contributed by atoms with Crippen molar-refractivity contribution in [1.29, 1.82) is 0 Å². The molecule has 0 saturated carbocycles. The standard InChI is InChI=1S/C12H23NO/c1-9(11(2,3)4)8-10(14)13-12(5,6)7/h1,8H2,2-7H3,(H,13,14). The first-order chi connectivity index (χ1) is 6.02. The van der Waals surface area contributed by atoms with Crippen LogP contribution in [0.4, 0.5) is 0 Å². The van der Waals surface area contributed by atoms with Crippen molar-refractivity contribution in [2.75, 3.05) is 0 Å². The van der Waals surface area contributed by atoms with Gasteiger partial charge in [-0.25, -0.2) is 0 Å². The maximum atomic E-state index is 11.5. The Labute approximate surface area is 87.8 Å². The summed E-state index contributed by atoms with van der Waals surface area (Å²) >= 11 is 0. The van der Waals surface area contributed by atoms with Gasteiger partial charge >= 0.3 is 0 Å². The molecule has 14 heavy (non-hydrogen) atoms. The lowest BCUT2D eigenvalue weighted by molar-refractivity contribution is -0.122. The number of amides is 1. The summed E-state index contributed by atoms with van der Waals surface area (Å²) in [6.07, 6.45) is 0.417. The molecule has 0 unspecified atom stereocenters. The van der Waals surface area contributed by atoms with Crippen LogP contribution in [0, 0.1) is 5.41 Å². The second kappa shape index (κ2) is 4.16. The molecule has 0 aromatic carbocycles. The molecule has 0 atom stereocenters. The Morgan fingerprint density at radius 2 is 1.57 bits per heavy atom. The van der Waals surface area contributed by atoms with Gasteiger partial charge in [0, 0.05) is 12.0 Å². The molecule has 0 aromatic heterocycles. The van der Waals surface area contributed by atoms with E-state index in [1.165, 1.54) is 0 Å². The molecular weight excluding hydrogens is 174 g/mol. The van der Waals surface area contributed by atoms with E-state index >= 15 is 0 Å². The number of carbonyl (C=O) groups is 1. The molecule has 1 amide bonds. The minimum Gasteiger partial charge on any atom is -0.351 e. The fourth-order valence-electron chi connectivity index (χ4n) is 0.921. The van der Waals surface area contributed by atoms with Gasteiger partial charge < -0.3 is 5.32 Å². The summed E-state index contributed by atoms with van der Waals surface area (Å²) < 4.78 is 0. The molecule has 0 aliphatic carbocycles. The van der Waals surface area contributed by atoms with Crippen LogP contribution in [0.15, 0.2) is 12.2 Å². The molecule has 0 aromatic rings. The van der Waals surface area contributed by atoms with Crippen LogP contribution in [-0.2, 0) is 4.79 Å². The van der Waals surface area contributed by atoms with Crippen molar-refractivity contribution < 1.29 is 4.79 Å². The molecule has 2 heteroatoms. The molecule has 0 spiro atoms. The molecule has 1 N–H and O–H groups in total. The highest BCUT2D eigenvalue weighted by Gasteiger charge is 2.20. The van der Waals surface area contributed by atoms with Crippen LogP contribution in [0.1, 0.15) is 48.0 Å². The Morgan fingerprint density at radius 3 is 1.86 bits per heavy atom. The smallest absolute Gasteiger partial charge is 0.224 e. The van der Waals surface area contributed by atoms with Gasteiger partial charge in [0.2, 0.25) is 5.91 Å². The molecule has 0 saturated heterocycles. The summed E-state index contributed by atoms with van der Waals surface area (Å²) in [5.74, 6) is 0.0532. The third-order valence-corrected chi connectivity index (χ3v) is 1.95. The molecular formula is C12H23NO. The second-order valence-corrected chi connectivity index (χ2v) is 5.83. The lowest BCUT2D eigenvalue weighted by atomic mass is 9.85. The monoisotopic (exact) mass is 197 g/mol. The Morgan fingerprint density at radius 1 is 1.14 bits per heavy atom. The van der Waals surface area contributed by atoms with Crippen LogP contribution < -0.4 is 5.32 Å². The van der Waals surface area contributed by atoms with E-state index in [0.717, 1.165) is 5.57 Å². The van der Waals surface area contributed by atoms with Crippen molar-refractivity contribution in [3.8, 4) is 0 Å². The van der Waals surface area contributed by atoms with Crippen molar-refractivity contribution in [2.24, 2.45) is 5.41 Å².